The molecule has 0 saturated heterocycles. The first-order valence-corrected chi connectivity index (χ1v) is 15.6. The highest BCUT2D eigenvalue weighted by molar-refractivity contribution is 7.92. The Hall–Kier alpha value is -3.36. The molecular formula is C32H40ClN3O4S. The van der Waals surface area contributed by atoms with E-state index in [1.165, 1.54) is 4.90 Å². The minimum Gasteiger partial charge on any atom is -0.350 e. The lowest BCUT2D eigenvalue weighted by Crippen LogP contribution is -2.55. The van der Waals surface area contributed by atoms with E-state index in [0.29, 0.717) is 29.1 Å². The Morgan fingerprint density at radius 3 is 2.05 bits per heavy atom. The summed E-state index contributed by atoms with van der Waals surface area (Å²) < 4.78 is 29.4. The van der Waals surface area contributed by atoms with E-state index < -0.39 is 34.1 Å². The number of hydrogen-bond acceptors (Lipinski definition) is 4. The van der Waals surface area contributed by atoms with Crippen molar-refractivity contribution in [2.45, 2.75) is 77.4 Å². The molecule has 2 amide bonds. The van der Waals surface area contributed by atoms with E-state index in [4.69, 9.17) is 11.6 Å². The largest absolute Gasteiger partial charge is 0.350 e. The summed E-state index contributed by atoms with van der Waals surface area (Å²) in [5.74, 6) is -0.829. The number of para-hydroxylation sites is 1. The molecule has 0 spiro atoms. The molecule has 1 N–H and O–H groups in total. The topological polar surface area (TPSA) is 86.8 Å². The van der Waals surface area contributed by atoms with Crippen LogP contribution in [-0.4, -0.2) is 43.3 Å². The molecule has 1 atom stereocenters. The summed E-state index contributed by atoms with van der Waals surface area (Å²) in [5.41, 5.74) is 2.26. The zero-order valence-electron chi connectivity index (χ0n) is 24.6. The number of carbonyl (C=O) groups is 2. The molecule has 0 aliphatic heterocycles. The van der Waals surface area contributed by atoms with Crippen LogP contribution < -0.4 is 9.62 Å². The van der Waals surface area contributed by atoms with Gasteiger partial charge >= 0.3 is 0 Å². The first-order valence-electron chi connectivity index (χ1n) is 13.8. The Labute approximate surface area is 249 Å². The quantitative estimate of drug-likeness (QED) is 0.288. The highest BCUT2D eigenvalue weighted by Crippen LogP contribution is 2.29. The van der Waals surface area contributed by atoms with Gasteiger partial charge < -0.3 is 10.2 Å². The van der Waals surface area contributed by atoms with Crippen molar-refractivity contribution in [2.75, 3.05) is 10.8 Å². The minimum atomic E-state index is -4.14. The van der Waals surface area contributed by atoms with Gasteiger partial charge in [0.25, 0.3) is 10.0 Å². The molecule has 220 valence electrons. The molecule has 3 rings (SSSR count). The van der Waals surface area contributed by atoms with Crippen molar-refractivity contribution < 1.29 is 18.0 Å². The summed E-state index contributed by atoms with van der Waals surface area (Å²) >= 11 is 6.47. The number of hydrogen-bond donors (Lipinski definition) is 1. The van der Waals surface area contributed by atoms with Gasteiger partial charge in [0.1, 0.15) is 12.6 Å². The molecular weight excluding hydrogens is 558 g/mol. The van der Waals surface area contributed by atoms with Gasteiger partial charge in [0.2, 0.25) is 11.8 Å². The molecule has 9 heteroatoms. The third-order valence-corrected chi connectivity index (χ3v) is 8.85. The minimum absolute atomic E-state index is 0.0441. The monoisotopic (exact) mass is 597 g/mol. The van der Waals surface area contributed by atoms with Gasteiger partial charge in [0.15, 0.2) is 0 Å². The highest BCUT2D eigenvalue weighted by atomic mass is 35.5. The normalized spacial score (nSPS) is 12.5. The van der Waals surface area contributed by atoms with Crippen molar-refractivity contribution in [3.63, 3.8) is 0 Å². The number of rotatable bonds is 11. The molecule has 0 aromatic heterocycles. The second kappa shape index (κ2) is 13.5. The molecule has 41 heavy (non-hydrogen) atoms. The van der Waals surface area contributed by atoms with E-state index in [1.807, 2.05) is 59.7 Å². The van der Waals surface area contributed by atoms with E-state index in [0.717, 1.165) is 15.4 Å². The Bertz CT molecular complexity index is 1470. The van der Waals surface area contributed by atoms with Gasteiger partial charge in [-0.05, 0) is 75.9 Å². The Balaban J connectivity index is 2.12. The number of halogens is 1. The number of nitrogens with one attached hydrogen (secondary N) is 1. The van der Waals surface area contributed by atoms with E-state index in [9.17, 15) is 18.0 Å². The number of benzene rings is 3. The van der Waals surface area contributed by atoms with Crippen molar-refractivity contribution in [2.24, 2.45) is 0 Å². The predicted octanol–water partition coefficient (Wildman–Crippen LogP) is 6.13. The summed E-state index contributed by atoms with van der Waals surface area (Å²) in [6.45, 7) is 10.8. The van der Waals surface area contributed by atoms with Crippen molar-refractivity contribution in [3.8, 4) is 0 Å². The second-order valence-corrected chi connectivity index (χ2v) is 13.4. The van der Waals surface area contributed by atoms with Crippen LogP contribution in [0.4, 0.5) is 5.69 Å². The molecule has 0 saturated carbocycles. The van der Waals surface area contributed by atoms with Crippen LogP contribution in [-0.2, 0) is 32.6 Å². The van der Waals surface area contributed by atoms with Gasteiger partial charge in [-0.1, -0.05) is 79.5 Å². The highest BCUT2D eigenvalue weighted by Gasteiger charge is 2.35. The number of sulfonamides is 1. The van der Waals surface area contributed by atoms with Crippen LogP contribution >= 0.6 is 11.6 Å². The third kappa shape index (κ3) is 8.11. The zero-order chi connectivity index (χ0) is 30.4. The van der Waals surface area contributed by atoms with Crippen LogP contribution in [0.2, 0.25) is 5.02 Å². The molecule has 0 aliphatic carbocycles. The van der Waals surface area contributed by atoms with Gasteiger partial charge in [-0.25, -0.2) is 8.42 Å². The van der Waals surface area contributed by atoms with E-state index >= 15 is 0 Å². The number of carbonyl (C=O) groups excluding carboxylic acids is 2. The summed E-state index contributed by atoms with van der Waals surface area (Å²) in [6.07, 6.45) is 0.896. The fourth-order valence-electron chi connectivity index (χ4n) is 4.59. The van der Waals surface area contributed by atoms with Gasteiger partial charge in [0, 0.05) is 17.1 Å². The van der Waals surface area contributed by atoms with Crippen LogP contribution in [0.1, 0.15) is 57.7 Å². The van der Waals surface area contributed by atoms with Crippen LogP contribution in [0.25, 0.3) is 0 Å². The fourth-order valence-corrected chi connectivity index (χ4v) is 6.23. The maximum absolute atomic E-state index is 14.2. The maximum atomic E-state index is 14.2. The number of aryl methyl sites for hydroxylation is 2. The average molecular weight is 598 g/mol. The lowest BCUT2D eigenvalue weighted by Gasteiger charge is -2.35. The Kier molecular flexibility index (Phi) is 10.6. The predicted molar refractivity (Wildman–Crippen MR) is 166 cm³/mol. The Morgan fingerprint density at radius 1 is 0.902 bits per heavy atom. The van der Waals surface area contributed by atoms with E-state index in [-0.39, 0.29) is 17.3 Å². The third-order valence-electron chi connectivity index (χ3n) is 6.71. The van der Waals surface area contributed by atoms with Crippen LogP contribution in [0.5, 0.6) is 0 Å². The molecule has 0 heterocycles. The van der Waals surface area contributed by atoms with E-state index in [2.05, 4.69) is 5.32 Å². The van der Waals surface area contributed by atoms with Gasteiger partial charge in [-0.3, -0.25) is 13.9 Å². The molecule has 7 nitrogen and oxygen atoms in total. The Morgan fingerprint density at radius 2 is 1.49 bits per heavy atom. The molecule has 3 aromatic carbocycles. The van der Waals surface area contributed by atoms with Crippen molar-refractivity contribution in [1.29, 1.82) is 0 Å². The summed E-state index contributed by atoms with van der Waals surface area (Å²) in [6, 6.07) is 20.0. The standard InChI is InChI=1S/C32H40ClN3O4S/c1-7-24-13-10-12-16-29(24)36(41(39,40)26-19-17-23(3)18-20-26)22-30(37)35(21-25-14-9-11-15-27(25)33)28(8-2)31(38)34-32(4,5)6/h9-20,28H,7-8,21-22H2,1-6H3,(H,34,38). The van der Waals surface area contributed by atoms with Crippen molar-refractivity contribution in [3.05, 3.63) is 94.5 Å². The van der Waals surface area contributed by atoms with Crippen LogP contribution in [0.15, 0.2) is 77.7 Å². The molecule has 0 radical (unpaired) electrons. The zero-order valence-corrected chi connectivity index (χ0v) is 26.2. The lowest BCUT2D eigenvalue weighted by atomic mass is 10.1. The number of anilines is 1. The molecule has 1 unspecified atom stereocenters. The lowest BCUT2D eigenvalue weighted by molar-refractivity contribution is -0.141. The number of amides is 2. The second-order valence-electron chi connectivity index (χ2n) is 11.1. The number of nitrogens with zero attached hydrogens (tertiary/aromatic N) is 2. The first-order chi connectivity index (χ1) is 19.3. The molecule has 0 bridgehead atoms. The van der Waals surface area contributed by atoms with Gasteiger partial charge in [-0.15, -0.1) is 0 Å². The van der Waals surface area contributed by atoms with Crippen LogP contribution in [0, 0.1) is 6.92 Å². The molecule has 3 aromatic rings. The summed E-state index contributed by atoms with van der Waals surface area (Å²) in [7, 11) is -4.14. The van der Waals surface area contributed by atoms with Crippen molar-refractivity contribution >= 4 is 39.1 Å². The first kappa shape index (κ1) is 32.2. The summed E-state index contributed by atoms with van der Waals surface area (Å²) in [5, 5.41) is 3.43. The fraction of sp³-hybridized carbons (Fsp3) is 0.375. The summed E-state index contributed by atoms with van der Waals surface area (Å²) in [4.78, 5) is 29.2. The van der Waals surface area contributed by atoms with Crippen molar-refractivity contribution in [1.82, 2.24) is 10.2 Å². The SMILES string of the molecule is CCc1ccccc1N(CC(=O)N(Cc1ccccc1Cl)C(CC)C(=O)NC(C)(C)C)S(=O)(=O)c1ccc(C)cc1. The molecule has 0 aliphatic rings. The maximum Gasteiger partial charge on any atom is 0.264 e. The smallest absolute Gasteiger partial charge is 0.264 e. The van der Waals surface area contributed by atoms with Gasteiger partial charge in [-0.2, -0.15) is 0 Å². The van der Waals surface area contributed by atoms with Crippen LogP contribution in [0.3, 0.4) is 0 Å². The molecule has 0 fully saturated rings. The average Bonchev–Trinajstić information content (AvgIpc) is 2.91. The van der Waals surface area contributed by atoms with E-state index in [1.54, 1.807) is 54.6 Å². The van der Waals surface area contributed by atoms with Gasteiger partial charge in [0.05, 0.1) is 10.6 Å².